The zero-order valence-electron chi connectivity index (χ0n) is 22.5. The lowest BCUT2D eigenvalue weighted by molar-refractivity contribution is -0.141. The average Bonchev–Trinajstić information content (AvgIpc) is 2.85. The molecule has 0 fully saturated rings. The van der Waals surface area contributed by atoms with E-state index in [-0.39, 0.29) is 25.3 Å². The van der Waals surface area contributed by atoms with Crippen molar-refractivity contribution in [1.29, 1.82) is 0 Å². The second-order valence-corrected chi connectivity index (χ2v) is 8.86. The summed E-state index contributed by atoms with van der Waals surface area (Å²) in [6.45, 7) is 6.09. The number of allylic oxidation sites excluding steroid dienone is 3. The molecule has 7 N–H and O–H groups in total. The zero-order chi connectivity index (χ0) is 28.1. The standard InChI is InChI=1S/C27H46N4O6/c1-4-7-9-11-14-24(33)21(18-30-23(19-32)26(36)37)15-16-29-27(28)31-22(25(34)35)17-20(12-6-3)13-10-8-5-2/h6,12,15,17,19,22-24,30,33H,4-5,7-11,13-14,16,18H2,1-3H3,(H,34,35)(H,36,37)(H3,28,29,31). The molecule has 37 heavy (non-hydrogen) atoms. The number of carboxylic acids is 2. The molecule has 0 aromatic carbocycles. The van der Waals surface area contributed by atoms with Gasteiger partial charge in [-0.1, -0.05) is 70.6 Å². The minimum atomic E-state index is -1.39. The highest BCUT2D eigenvalue weighted by Crippen LogP contribution is 2.13. The minimum Gasteiger partial charge on any atom is -0.480 e. The van der Waals surface area contributed by atoms with Crippen LogP contribution in [0.3, 0.4) is 0 Å². The summed E-state index contributed by atoms with van der Waals surface area (Å²) in [5.74, 6) is -2.47. The van der Waals surface area contributed by atoms with Gasteiger partial charge in [-0.15, -0.1) is 0 Å². The molecule has 10 heteroatoms. The van der Waals surface area contributed by atoms with Gasteiger partial charge in [0.1, 0.15) is 12.3 Å². The smallest absolute Gasteiger partial charge is 0.330 e. The number of aldehydes is 1. The number of rotatable bonds is 21. The summed E-state index contributed by atoms with van der Waals surface area (Å²) < 4.78 is 0. The number of carboxylic acid groups (broad SMARTS) is 2. The lowest BCUT2D eigenvalue weighted by Gasteiger charge is -2.17. The van der Waals surface area contributed by atoms with E-state index < -0.39 is 30.1 Å². The fourth-order valence-corrected chi connectivity index (χ4v) is 3.57. The number of aliphatic imine (C=N–C) groups is 1. The van der Waals surface area contributed by atoms with Crippen LogP contribution in [-0.4, -0.2) is 70.8 Å². The van der Waals surface area contributed by atoms with Gasteiger partial charge in [0.05, 0.1) is 12.6 Å². The number of guanidine groups is 1. The van der Waals surface area contributed by atoms with E-state index in [4.69, 9.17) is 10.8 Å². The van der Waals surface area contributed by atoms with E-state index in [9.17, 15) is 24.6 Å². The topological polar surface area (TPSA) is 174 Å². The van der Waals surface area contributed by atoms with Gasteiger partial charge in [0.15, 0.2) is 12.0 Å². The number of nitrogens with zero attached hydrogens (tertiary/aromatic N) is 1. The molecule has 0 aliphatic rings. The van der Waals surface area contributed by atoms with Crippen LogP contribution < -0.4 is 16.4 Å². The second-order valence-electron chi connectivity index (χ2n) is 8.86. The summed E-state index contributed by atoms with van der Waals surface area (Å²) in [5, 5.41) is 34.7. The number of aliphatic carboxylic acids is 2. The summed E-state index contributed by atoms with van der Waals surface area (Å²) in [5.41, 5.74) is 7.32. The Kier molecular flexibility index (Phi) is 19.4. The number of hydrogen-bond acceptors (Lipinski definition) is 6. The Hall–Kier alpha value is -2.98. The van der Waals surface area contributed by atoms with E-state index in [0.717, 1.165) is 56.9 Å². The molecule has 0 saturated carbocycles. The molecule has 0 radical (unpaired) electrons. The Morgan fingerprint density at radius 3 is 2.22 bits per heavy atom. The van der Waals surface area contributed by atoms with Crippen molar-refractivity contribution in [3.8, 4) is 0 Å². The zero-order valence-corrected chi connectivity index (χ0v) is 22.5. The molecule has 0 rings (SSSR count). The minimum absolute atomic E-state index is 0.0154. The maximum Gasteiger partial charge on any atom is 0.330 e. The number of aliphatic hydroxyl groups is 1. The summed E-state index contributed by atoms with van der Waals surface area (Å²) in [7, 11) is 0. The summed E-state index contributed by atoms with van der Waals surface area (Å²) in [4.78, 5) is 38.1. The Morgan fingerprint density at radius 2 is 1.65 bits per heavy atom. The maximum absolute atomic E-state index is 11.8. The number of carbonyl (C=O) groups is 3. The van der Waals surface area contributed by atoms with Gasteiger partial charge in [-0.05, 0) is 43.4 Å². The van der Waals surface area contributed by atoms with Crippen molar-refractivity contribution in [3.63, 3.8) is 0 Å². The molecule has 0 spiro atoms. The third-order valence-corrected chi connectivity index (χ3v) is 5.70. The number of hydrogen-bond donors (Lipinski definition) is 6. The number of nitrogens with one attached hydrogen (secondary N) is 2. The van der Waals surface area contributed by atoms with E-state index >= 15 is 0 Å². The van der Waals surface area contributed by atoms with Crippen LogP contribution in [0.2, 0.25) is 0 Å². The van der Waals surface area contributed by atoms with Gasteiger partial charge in [0, 0.05) is 6.54 Å². The van der Waals surface area contributed by atoms with Gasteiger partial charge in [0.2, 0.25) is 0 Å². The third-order valence-electron chi connectivity index (χ3n) is 5.70. The highest BCUT2D eigenvalue weighted by atomic mass is 16.4. The molecule has 3 atom stereocenters. The highest BCUT2D eigenvalue weighted by Gasteiger charge is 2.18. The maximum atomic E-state index is 11.8. The van der Waals surface area contributed by atoms with Crippen LogP contribution in [0.1, 0.15) is 78.6 Å². The Bertz CT molecular complexity index is 807. The van der Waals surface area contributed by atoms with Gasteiger partial charge < -0.3 is 31.2 Å². The number of carbonyl (C=O) groups excluding carboxylic acids is 1. The quantitative estimate of drug-likeness (QED) is 0.0252. The van der Waals surface area contributed by atoms with Crippen LogP contribution in [0.5, 0.6) is 0 Å². The molecular formula is C27H46N4O6. The third kappa shape index (κ3) is 16.4. The molecule has 210 valence electrons. The molecule has 0 aliphatic carbocycles. The monoisotopic (exact) mass is 522 g/mol. The lowest BCUT2D eigenvalue weighted by Crippen LogP contribution is -2.43. The Morgan fingerprint density at radius 1 is 1.00 bits per heavy atom. The van der Waals surface area contributed by atoms with Gasteiger partial charge in [0.25, 0.3) is 0 Å². The lowest BCUT2D eigenvalue weighted by atomic mass is 10.0. The molecule has 0 aromatic rings. The van der Waals surface area contributed by atoms with Crippen LogP contribution in [0, 0.1) is 0 Å². The van der Waals surface area contributed by atoms with Gasteiger partial charge in [-0.2, -0.15) is 0 Å². The Labute approximate surface area is 220 Å². The first-order chi connectivity index (χ1) is 17.7. The average molecular weight is 523 g/mol. The van der Waals surface area contributed by atoms with Crippen LogP contribution >= 0.6 is 0 Å². The van der Waals surface area contributed by atoms with E-state index in [1.165, 1.54) is 0 Å². The van der Waals surface area contributed by atoms with Crippen molar-refractivity contribution < 1.29 is 29.7 Å². The molecule has 0 aliphatic heterocycles. The number of aliphatic hydroxyl groups excluding tert-OH is 1. The van der Waals surface area contributed by atoms with Crippen LogP contribution in [0.25, 0.3) is 0 Å². The van der Waals surface area contributed by atoms with Crippen LogP contribution in [-0.2, 0) is 14.4 Å². The van der Waals surface area contributed by atoms with Gasteiger partial charge in [-0.25, -0.2) is 9.79 Å². The highest BCUT2D eigenvalue weighted by molar-refractivity contribution is 5.90. The largest absolute Gasteiger partial charge is 0.480 e. The molecular weight excluding hydrogens is 476 g/mol. The van der Waals surface area contributed by atoms with Gasteiger partial charge >= 0.3 is 11.9 Å². The van der Waals surface area contributed by atoms with Gasteiger partial charge in [-0.3, -0.25) is 10.1 Å². The SMILES string of the molecule is CC=CC(=CC(NC(N)=NCC=C(CNC(C=O)C(=O)O)C(O)CCCCCC)C(=O)O)CCCCC. The van der Waals surface area contributed by atoms with E-state index in [0.29, 0.717) is 12.0 Å². The van der Waals surface area contributed by atoms with E-state index in [1.54, 1.807) is 12.2 Å². The first-order valence-corrected chi connectivity index (χ1v) is 13.1. The number of unbranched alkanes of at least 4 members (excludes halogenated alkanes) is 5. The number of nitrogens with two attached hydrogens (primary N) is 1. The molecule has 0 bridgehead atoms. The predicted octanol–water partition coefficient (Wildman–Crippen LogP) is 2.93. The molecule has 0 amide bonds. The molecule has 3 unspecified atom stereocenters. The van der Waals surface area contributed by atoms with E-state index in [1.807, 2.05) is 19.1 Å². The first-order valence-electron chi connectivity index (χ1n) is 13.1. The Balaban J connectivity index is 5.45. The van der Waals surface area contributed by atoms with Crippen molar-refractivity contribution in [2.24, 2.45) is 10.7 Å². The van der Waals surface area contributed by atoms with Crippen molar-refractivity contribution >= 4 is 24.2 Å². The van der Waals surface area contributed by atoms with E-state index in [2.05, 4.69) is 29.5 Å². The van der Waals surface area contributed by atoms with Crippen molar-refractivity contribution in [1.82, 2.24) is 10.6 Å². The van der Waals surface area contributed by atoms with Crippen LogP contribution in [0.15, 0.2) is 40.4 Å². The van der Waals surface area contributed by atoms with Crippen LogP contribution in [0.4, 0.5) is 0 Å². The fraction of sp³-hybridized carbons (Fsp3) is 0.630. The molecule has 0 saturated heterocycles. The second kappa shape index (κ2) is 21.1. The predicted molar refractivity (Wildman–Crippen MR) is 146 cm³/mol. The normalized spacial score (nSPS) is 15.4. The fourth-order valence-electron chi connectivity index (χ4n) is 3.57. The van der Waals surface area contributed by atoms with Crippen molar-refractivity contribution in [2.45, 2.75) is 96.7 Å². The summed E-state index contributed by atoms with van der Waals surface area (Å²) in [6.07, 6.45) is 14.6. The molecule has 0 heterocycles. The summed E-state index contributed by atoms with van der Waals surface area (Å²) in [6, 6.07) is -2.45. The molecule has 10 nitrogen and oxygen atoms in total. The van der Waals surface area contributed by atoms with Crippen molar-refractivity contribution in [2.75, 3.05) is 13.1 Å². The molecule has 0 aromatic heterocycles. The van der Waals surface area contributed by atoms with Crippen molar-refractivity contribution in [3.05, 3.63) is 35.5 Å². The summed E-state index contributed by atoms with van der Waals surface area (Å²) >= 11 is 0. The first kappa shape index (κ1) is 34.0.